The summed E-state index contributed by atoms with van der Waals surface area (Å²) in [6, 6.07) is 4.85. The second-order valence-corrected chi connectivity index (χ2v) is 9.51. The molecule has 0 spiro atoms. The van der Waals surface area contributed by atoms with Gasteiger partial charge < -0.3 is 15.2 Å². The third-order valence-electron chi connectivity index (χ3n) is 5.64. The van der Waals surface area contributed by atoms with Gasteiger partial charge in [0.25, 0.3) is 0 Å². The lowest BCUT2D eigenvalue weighted by Gasteiger charge is -2.26. The van der Waals surface area contributed by atoms with Gasteiger partial charge in [-0.05, 0) is 30.9 Å². The number of pyridine rings is 1. The van der Waals surface area contributed by atoms with Crippen molar-refractivity contribution < 1.29 is 0 Å². The van der Waals surface area contributed by atoms with Crippen molar-refractivity contribution in [1.82, 2.24) is 14.5 Å². The second-order valence-electron chi connectivity index (χ2n) is 9.51. The Balaban J connectivity index is 1.49. The van der Waals surface area contributed by atoms with Crippen LogP contribution in [0.3, 0.4) is 0 Å². The summed E-state index contributed by atoms with van der Waals surface area (Å²) in [4.78, 5) is 9.76. The van der Waals surface area contributed by atoms with Crippen LogP contribution in [0.1, 0.15) is 64.4 Å². The molecule has 2 aromatic rings. The lowest BCUT2D eigenvalue weighted by Crippen LogP contribution is -2.29. The molecule has 1 atom stereocenters. The molecule has 5 heteroatoms. The Bertz CT molecular complexity index is 789. The van der Waals surface area contributed by atoms with Crippen molar-refractivity contribution in [2.24, 2.45) is 0 Å². The van der Waals surface area contributed by atoms with Crippen LogP contribution in [0.2, 0.25) is 0 Å². The van der Waals surface area contributed by atoms with Crippen LogP contribution in [0.15, 0.2) is 18.3 Å². The van der Waals surface area contributed by atoms with Gasteiger partial charge in [0, 0.05) is 41.9 Å². The van der Waals surface area contributed by atoms with E-state index >= 15 is 0 Å². The summed E-state index contributed by atoms with van der Waals surface area (Å²) in [6.45, 7) is 13.3. The molecule has 2 N–H and O–H groups in total. The quantitative estimate of drug-likeness (QED) is 0.872. The molecule has 4 rings (SSSR count). The Morgan fingerprint density at radius 1 is 1.12 bits per heavy atom. The zero-order valence-corrected chi connectivity index (χ0v) is 16.7. The Kier molecular flexibility index (Phi) is 4.01. The average Bonchev–Trinajstić information content (AvgIpc) is 3.16. The molecule has 1 unspecified atom stereocenters. The number of aryl methyl sites for hydroxylation is 1. The minimum Gasteiger partial charge on any atom is -0.367 e. The summed E-state index contributed by atoms with van der Waals surface area (Å²) >= 11 is 0. The van der Waals surface area contributed by atoms with E-state index in [9.17, 15) is 0 Å². The summed E-state index contributed by atoms with van der Waals surface area (Å²) in [5.41, 5.74) is 3.78. The van der Waals surface area contributed by atoms with Crippen LogP contribution in [0.4, 0.5) is 11.8 Å². The van der Waals surface area contributed by atoms with Gasteiger partial charge in [-0.1, -0.05) is 40.7 Å². The Hall–Kier alpha value is -2.04. The van der Waals surface area contributed by atoms with Gasteiger partial charge in [-0.2, -0.15) is 0 Å². The first-order valence-corrected chi connectivity index (χ1v) is 9.81. The van der Waals surface area contributed by atoms with Crippen LogP contribution in [-0.4, -0.2) is 27.1 Å². The van der Waals surface area contributed by atoms with Gasteiger partial charge in [-0.3, -0.25) is 0 Å². The smallest absolute Gasteiger partial charge is 0.203 e. The Morgan fingerprint density at radius 3 is 2.65 bits per heavy atom. The maximum absolute atomic E-state index is 4.89. The Morgan fingerprint density at radius 2 is 1.92 bits per heavy atom. The maximum atomic E-state index is 4.89. The summed E-state index contributed by atoms with van der Waals surface area (Å²) in [5.74, 6) is 2.10. The molecule has 140 valence electrons. The molecular formula is C21H31N5. The maximum Gasteiger partial charge on any atom is 0.203 e. The van der Waals surface area contributed by atoms with Gasteiger partial charge >= 0.3 is 0 Å². The molecule has 26 heavy (non-hydrogen) atoms. The third-order valence-corrected chi connectivity index (χ3v) is 5.64. The minimum absolute atomic E-state index is 0.0264. The molecule has 0 amide bonds. The van der Waals surface area contributed by atoms with Crippen LogP contribution in [0, 0.1) is 0 Å². The predicted octanol–water partition coefficient (Wildman–Crippen LogP) is 4.10. The molecule has 0 radical (unpaired) electrons. The molecule has 0 saturated carbocycles. The highest BCUT2D eigenvalue weighted by Gasteiger charge is 2.33. The molecule has 4 heterocycles. The van der Waals surface area contributed by atoms with E-state index < -0.39 is 0 Å². The molecule has 2 aliphatic rings. The molecule has 0 fully saturated rings. The van der Waals surface area contributed by atoms with Crippen LogP contribution < -0.4 is 10.6 Å². The molecular weight excluding hydrogens is 322 g/mol. The fourth-order valence-electron chi connectivity index (χ4n) is 4.05. The normalized spacial score (nSPS) is 19.5. The van der Waals surface area contributed by atoms with Crippen LogP contribution in [-0.2, 0) is 23.8 Å². The topological polar surface area (TPSA) is 54.8 Å². The Labute approximate surface area is 156 Å². The summed E-state index contributed by atoms with van der Waals surface area (Å²) < 4.78 is 2.26. The van der Waals surface area contributed by atoms with Crippen molar-refractivity contribution in [3.8, 4) is 0 Å². The zero-order valence-electron chi connectivity index (χ0n) is 16.7. The molecule has 2 aromatic heterocycles. The van der Waals surface area contributed by atoms with Gasteiger partial charge in [0.15, 0.2) is 0 Å². The summed E-state index contributed by atoms with van der Waals surface area (Å²) in [5, 5.41) is 7.08. The second kappa shape index (κ2) is 6.00. The van der Waals surface area contributed by atoms with Gasteiger partial charge in [-0.25, -0.2) is 9.97 Å². The van der Waals surface area contributed by atoms with Gasteiger partial charge in [0.2, 0.25) is 5.95 Å². The third kappa shape index (κ3) is 3.19. The number of nitrogens with one attached hydrogen (secondary N) is 2. The molecule has 2 aliphatic heterocycles. The van der Waals surface area contributed by atoms with Crippen LogP contribution in [0.5, 0.6) is 0 Å². The largest absolute Gasteiger partial charge is 0.367 e. The van der Waals surface area contributed by atoms with Crippen molar-refractivity contribution in [2.45, 2.75) is 77.3 Å². The minimum atomic E-state index is 0.0264. The van der Waals surface area contributed by atoms with Crippen LogP contribution >= 0.6 is 0 Å². The van der Waals surface area contributed by atoms with E-state index in [0.29, 0.717) is 6.04 Å². The monoisotopic (exact) mass is 353 g/mol. The summed E-state index contributed by atoms with van der Waals surface area (Å²) in [6.07, 6.45) is 5.50. The zero-order chi connectivity index (χ0) is 18.5. The first-order chi connectivity index (χ1) is 12.2. The van der Waals surface area contributed by atoms with Crippen molar-refractivity contribution in [1.29, 1.82) is 0 Å². The SMILES string of the molecule is CC(C)(C)c1ccc2c(n1)NC(CC(C)(C)c1cn3c(n1)NCCC3)C2. The fourth-order valence-corrected chi connectivity index (χ4v) is 4.05. The lowest BCUT2D eigenvalue weighted by atomic mass is 9.82. The number of rotatable bonds is 3. The number of anilines is 2. The number of hydrogen-bond acceptors (Lipinski definition) is 4. The van der Waals surface area contributed by atoms with E-state index in [1.807, 2.05) is 0 Å². The molecule has 0 bridgehead atoms. The number of hydrogen-bond donors (Lipinski definition) is 2. The first kappa shape index (κ1) is 17.4. The highest BCUT2D eigenvalue weighted by Crippen LogP contribution is 2.35. The fraction of sp³-hybridized carbons (Fsp3) is 0.619. The van der Waals surface area contributed by atoms with Gasteiger partial charge in [0.1, 0.15) is 5.82 Å². The van der Waals surface area contributed by atoms with E-state index in [-0.39, 0.29) is 10.8 Å². The average molecular weight is 354 g/mol. The van der Waals surface area contributed by atoms with Gasteiger partial charge in [0.05, 0.1) is 5.69 Å². The van der Waals surface area contributed by atoms with Crippen molar-refractivity contribution in [3.63, 3.8) is 0 Å². The van der Waals surface area contributed by atoms with Crippen LogP contribution in [0.25, 0.3) is 0 Å². The summed E-state index contributed by atoms with van der Waals surface area (Å²) in [7, 11) is 0. The molecule has 0 aliphatic carbocycles. The lowest BCUT2D eigenvalue weighted by molar-refractivity contribution is 0.431. The van der Waals surface area contributed by atoms with Crippen molar-refractivity contribution in [3.05, 3.63) is 35.3 Å². The highest BCUT2D eigenvalue weighted by molar-refractivity contribution is 5.52. The standard InChI is InChI=1S/C21H31N5/c1-20(2,3)16-8-7-14-11-15(23-18(14)24-16)12-21(4,5)17-13-26-10-6-9-22-19(26)25-17/h7-8,13,15H,6,9-12H2,1-5H3,(H,22,25)(H,23,24). The van der Waals surface area contributed by atoms with Crippen molar-refractivity contribution >= 4 is 11.8 Å². The molecule has 0 aromatic carbocycles. The molecule has 5 nitrogen and oxygen atoms in total. The number of imidazole rings is 1. The predicted molar refractivity (Wildman–Crippen MR) is 107 cm³/mol. The van der Waals surface area contributed by atoms with Crippen molar-refractivity contribution in [2.75, 3.05) is 17.2 Å². The highest BCUT2D eigenvalue weighted by atomic mass is 15.2. The number of fused-ring (bicyclic) bond motifs is 2. The van der Waals surface area contributed by atoms with E-state index in [2.05, 4.69) is 68.1 Å². The molecule has 0 saturated heterocycles. The first-order valence-electron chi connectivity index (χ1n) is 9.81. The van der Waals surface area contributed by atoms with E-state index in [4.69, 9.17) is 9.97 Å². The van der Waals surface area contributed by atoms with Gasteiger partial charge in [-0.15, -0.1) is 0 Å². The van der Waals surface area contributed by atoms with E-state index in [0.717, 1.165) is 43.4 Å². The number of aromatic nitrogens is 3. The van der Waals surface area contributed by atoms with E-state index in [1.165, 1.54) is 17.7 Å². The van der Waals surface area contributed by atoms with E-state index in [1.54, 1.807) is 0 Å². The number of nitrogens with zero attached hydrogens (tertiary/aromatic N) is 3.